The molecule has 9 heteroatoms. The molecule has 1 aromatic heterocycles. The van der Waals surface area contributed by atoms with E-state index in [9.17, 15) is 9.59 Å². The lowest BCUT2D eigenvalue weighted by molar-refractivity contribution is -0.117. The van der Waals surface area contributed by atoms with Crippen molar-refractivity contribution in [2.24, 2.45) is 0 Å². The normalized spacial score (nSPS) is 13.6. The second kappa shape index (κ2) is 8.90. The molecular formula is C18H24N6O2S. The molecule has 2 aromatic rings. The summed E-state index contributed by atoms with van der Waals surface area (Å²) in [6, 6.07) is 7.65. The monoisotopic (exact) mass is 388 g/mol. The Labute approximate surface area is 162 Å². The number of aryl methyl sites for hydroxylation is 1. The SMILES string of the molecule is CCNC(=O)NC(=O)CSc1nnc(N2CCCC2)n1-c1ccc(C)cc1. The van der Waals surface area contributed by atoms with Crippen molar-refractivity contribution in [2.45, 2.75) is 31.8 Å². The smallest absolute Gasteiger partial charge is 0.321 e. The summed E-state index contributed by atoms with van der Waals surface area (Å²) >= 11 is 1.26. The third-order valence-corrected chi connectivity index (χ3v) is 5.15. The lowest BCUT2D eigenvalue weighted by atomic mass is 10.2. The third kappa shape index (κ3) is 4.79. The number of imide groups is 1. The second-order valence-electron chi connectivity index (χ2n) is 6.34. The van der Waals surface area contributed by atoms with Gasteiger partial charge in [-0.1, -0.05) is 29.5 Å². The fraction of sp³-hybridized carbons (Fsp3) is 0.444. The van der Waals surface area contributed by atoms with Crippen LogP contribution in [0.5, 0.6) is 0 Å². The molecule has 0 saturated carbocycles. The molecule has 2 N–H and O–H groups in total. The van der Waals surface area contributed by atoms with Crippen molar-refractivity contribution >= 4 is 29.6 Å². The average Bonchev–Trinajstić information content (AvgIpc) is 3.30. The molecule has 0 aliphatic carbocycles. The van der Waals surface area contributed by atoms with E-state index in [1.165, 1.54) is 17.3 Å². The van der Waals surface area contributed by atoms with Gasteiger partial charge >= 0.3 is 6.03 Å². The molecule has 0 spiro atoms. The molecule has 1 aromatic carbocycles. The van der Waals surface area contributed by atoms with E-state index < -0.39 is 6.03 Å². The summed E-state index contributed by atoms with van der Waals surface area (Å²) in [7, 11) is 0. The molecule has 3 amide bonds. The molecular weight excluding hydrogens is 364 g/mol. The first kappa shape index (κ1) is 19.2. The molecule has 1 fully saturated rings. The Morgan fingerprint density at radius 3 is 2.52 bits per heavy atom. The molecule has 144 valence electrons. The first-order chi connectivity index (χ1) is 13.1. The summed E-state index contributed by atoms with van der Waals surface area (Å²) in [6.45, 7) is 6.20. The van der Waals surface area contributed by atoms with Crippen molar-refractivity contribution in [1.82, 2.24) is 25.4 Å². The molecule has 2 heterocycles. The van der Waals surface area contributed by atoms with Gasteiger partial charge in [-0.2, -0.15) is 0 Å². The van der Waals surface area contributed by atoms with Crippen LogP contribution in [0.3, 0.4) is 0 Å². The molecule has 0 radical (unpaired) electrons. The predicted octanol–water partition coefficient (Wildman–Crippen LogP) is 2.11. The number of hydrogen-bond donors (Lipinski definition) is 2. The number of amides is 3. The minimum Gasteiger partial charge on any atom is -0.341 e. The van der Waals surface area contributed by atoms with Crippen LogP contribution in [0.25, 0.3) is 5.69 Å². The lowest BCUT2D eigenvalue weighted by Crippen LogP contribution is -2.40. The Hall–Kier alpha value is -2.55. The number of rotatable bonds is 6. The van der Waals surface area contributed by atoms with Crippen molar-refractivity contribution < 1.29 is 9.59 Å². The first-order valence-corrected chi connectivity index (χ1v) is 10.0. The van der Waals surface area contributed by atoms with Crippen LogP contribution >= 0.6 is 11.8 Å². The number of hydrogen-bond acceptors (Lipinski definition) is 6. The Kier molecular flexibility index (Phi) is 6.33. The Morgan fingerprint density at radius 2 is 1.85 bits per heavy atom. The van der Waals surface area contributed by atoms with Crippen molar-refractivity contribution in [1.29, 1.82) is 0 Å². The number of nitrogens with zero attached hydrogens (tertiary/aromatic N) is 4. The highest BCUT2D eigenvalue weighted by atomic mass is 32.2. The Morgan fingerprint density at radius 1 is 1.15 bits per heavy atom. The number of anilines is 1. The lowest BCUT2D eigenvalue weighted by Gasteiger charge is -2.18. The number of aromatic nitrogens is 3. The van der Waals surface area contributed by atoms with Crippen molar-refractivity contribution in [2.75, 3.05) is 30.3 Å². The minimum absolute atomic E-state index is 0.0845. The van der Waals surface area contributed by atoms with Gasteiger partial charge in [0.25, 0.3) is 0 Å². The summed E-state index contributed by atoms with van der Waals surface area (Å²) in [5.41, 5.74) is 2.13. The molecule has 1 aliphatic heterocycles. The van der Waals surface area contributed by atoms with Gasteiger partial charge in [-0.25, -0.2) is 4.79 Å². The van der Waals surface area contributed by atoms with Crippen LogP contribution in [0.1, 0.15) is 25.3 Å². The van der Waals surface area contributed by atoms with Gasteiger partial charge in [-0.15, -0.1) is 10.2 Å². The zero-order valence-electron chi connectivity index (χ0n) is 15.6. The van der Waals surface area contributed by atoms with Gasteiger partial charge in [0.1, 0.15) is 0 Å². The van der Waals surface area contributed by atoms with Gasteiger partial charge in [0.05, 0.1) is 11.4 Å². The van der Waals surface area contributed by atoms with Gasteiger partial charge in [-0.05, 0) is 38.8 Å². The number of carbonyl (C=O) groups is 2. The molecule has 27 heavy (non-hydrogen) atoms. The fourth-order valence-corrected chi connectivity index (χ4v) is 3.64. The van der Waals surface area contributed by atoms with Gasteiger partial charge in [-0.3, -0.25) is 14.7 Å². The minimum atomic E-state index is -0.485. The van der Waals surface area contributed by atoms with Crippen LogP contribution in [0.15, 0.2) is 29.4 Å². The van der Waals surface area contributed by atoms with Gasteiger partial charge in [0, 0.05) is 19.6 Å². The Balaban J connectivity index is 1.79. The number of carbonyl (C=O) groups excluding carboxylic acids is 2. The standard InChI is InChI=1S/C18H24N6O2S/c1-3-19-16(26)20-15(25)12-27-18-22-21-17(23-10-4-5-11-23)24(18)14-8-6-13(2)7-9-14/h6-9H,3-5,10-12H2,1-2H3,(H2,19,20,25,26). The van der Waals surface area contributed by atoms with E-state index in [2.05, 4.69) is 25.7 Å². The number of urea groups is 1. The van der Waals surface area contributed by atoms with Crippen molar-refractivity contribution in [3.63, 3.8) is 0 Å². The van der Waals surface area contributed by atoms with Crippen LogP contribution in [0.2, 0.25) is 0 Å². The second-order valence-corrected chi connectivity index (χ2v) is 7.29. The maximum absolute atomic E-state index is 12.0. The van der Waals surface area contributed by atoms with E-state index in [1.54, 1.807) is 6.92 Å². The van der Waals surface area contributed by atoms with E-state index in [0.29, 0.717) is 11.7 Å². The highest BCUT2D eigenvalue weighted by Gasteiger charge is 2.23. The molecule has 1 aliphatic rings. The van der Waals surface area contributed by atoms with E-state index in [1.807, 2.05) is 35.8 Å². The zero-order chi connectivity index (χ0) is 19.2. The molecule has 0 unspecified atom stereocenters. The van der Waals surface area contributed by atoms with E-state index in [0.717, 1.165) is 37.6 Å². The Bertz CT molecular complexity index is 799. The van der Waals surface area contributed by atoms with Crippen LogP contribution < -0.4 is 15.5 Å². The summed E-state index contributed by atoms with van der Waals surface area (Å²) < 4.78 is 1.98. The number of nitrogens with one attached hydrogen (secondary N) is 2. The maximum atomic E-state index is 12.0. The van der Waals surface area contributed by atoms with Gasteiger partial charge in [0.15, 0.2) is 5.16 Å². The highest BCUT2D eigenvalue weighted by molar-refractivity contribution is 7.99. The number of thioether (sulfide) groups is 1. The van der Waals surface area contributed by atoms with Crippen LogP contribution in [-0.2, 0) is 4.79 Å². The van der Waals surface area contributed by atoms with Crippen LogP contribution in [-0.4, -0.2) is 52.1 Å². The van der Waals surface area contributed by atoms with Gasteiger partial charge < -0.3 is 10.2 Å². The summed E-state index contributed by atoms with van der Waals surface area (Å²) in [5.74, 6) is 0.510. The summed E-state index contributed by atoms with van der Waals surface area (Å²) in [4.78, 5) is 25.7. The van der Waals surface area contributed by atoms with Crippen LogP contribution in [0, 0.1) is 6.92 Å². The molecule has 1 saturated heterocycles. The summed E-state index contributed by atoms with van der Waals surface area (Å²) in [6.07, 6.45) is 2.27. The predicted molar refractivity (Wildman–Crippen MR) is 105 cm³/mol. The molecule has 8 nitrogen and oxygen atoms in total. The molecule has 0 bridgehead atoms. The quantitative estimate of drug-likeness (QED) is 0.737. The summed E-state index contributed by atoms with van der Waals surface area (Å²) in [5, 5.41) is 14.1. The number of benzene rings is 1. The van der Waals surface area contributed by atoms with Crippen molar-refractivity contribution in [3.8, 4) is 5.69 Å². The molecule has 3 rings (SSSR count). The van der Waals surface area contributed by atoms with E-state index in [4.69, 9.17) is 0 Å². The third-order valence-electron chi connectivity index (χ3n) is 4.22. The topological polar surface area (TPSA) is 92.2 Å². The highest BCUT2D eigenvalue weighted by Crippen LogP contribution is 2.28. The van der Waals surface area contributed by atoms with Crippen LogP contribution in [0.4, 0.5) is 10.7 Å². The average molecular weight is 388 g/mol. The maximum Gasteiger partial charge on any atom is 0.321 e. The van der Waals surface area contributed by atoms with Gasteiger partial charge in [0.2, 0.25) is 11.9 Å². The molecule has 0 atom stereocenters. The van der Waals surface area contributed by atoms with E-state index in [-0.39, 0.29) is 11.7 Å². The first-order valence-electron chi connectivity index (χ1n) is 9.06. The van der Waals surface area contributed by atoms with Crippen molar-refractivity contribution in [3.05, 3.63) is 29.8 Å². The largest absolute Gasteiger partial charge is 0.341 e. The fourth-order valence-electron chi connectivity index (χ4n) is 2.90. The zero-order valence-corrected chi connectivity index (χ0v) is 16.4. The van der Waals surface area contributed by atoms with E-state index >= 15 is 0 Å².